The average molecular weight is 527 g/mol. The van der Waals surface area contributed by atoms with E-state index in [1.54, 1.807) is 65.7 Å². The molecule has 0 aliphatic rings. The number of amides is 1. The van der Waals surface area contributed by atoms with Gasteiger partial charge in [-0.05, 0) is 57.5 Å². The fourth-order valence-electron chi connectivity index (χ4n) is 4.09. The summed E-state index contributed by atoms with van der Waals surface area (Å²) in [6.45, 7) is 7.72. The molecule has 0 saturated carbocycles. The Morgan fingerprint density at radius 3 is 2.08 bits per heavy atom. The zero-order valence-corrected chi connectivity index (χ0v) is 21.7. The van der Waals surface area contributed by atoms with Crippen molar-refractivity contribution in [2.75, 3.05) is 5.32 Å². The molecule has 11 heteroatoms. The minimum Gasteiger partial charge on any atom is -0.319 e. The summed E-state index contributed by atoms with van der Waals surface area (Å²) < 4.78 is 3.35. The standard InChI is InChI=1S/C25H24Cl2N6O3/c1-14-23(16(3)32(29-14)13-20-21(26)6-5-7-22(20)27)28-25(34)19-10-8-18(9-11-19)12-31-17(4)24(33(35)36)15(2)30-31/h5-11H,12-13H2,1-4H3,(H,28,34). The molecule has 0 saturated heterocycles. The molecule has 0 fully saturated rings. The van der Waals surface area contributed by atoms with Crippen LogP contribution in [0.25, 0.3) is 0 Å². The van der Waals surface area contributed by atoms with E-state index in [0.717, 1.165) is 16.8 Å². The van der Waals surface area contributed by atoms with Gasteiger partial charge in [-0.25, -0.2) is 0 Å². The van der Waals surface area contributed by atoms with Gasteiger partial charge in [0.2, 0.25) is 0 Å². The van der Waals surface area contributed by atoms with Crippen LogP contribution in [0.5, 0.6) is 0 Å². The first-order valence-corrected chi connectivity index (χ1v) is 11.9. The highest BCUT2D eigenvalue weighted by Gasteiger charge is 2.22. The third-order valence-electron chi connectivity index (χ3n) is 6.06. The molecule has 4 aromatic rings. The van der Waals surface area contributed by atoms with Gasteiger partial charge in [-0.2, -0.15) is 10.2 Å². The maximum absolute atomic E-state index is 13.0. The van der Waals surface area contributed by atoms with Crippen molar-refractivity contribution in [3.63, 3.8) is 0 Å². The molecule has 0 unspecified atom stereocenters. The first-order chi connectivity index (χ1) is 17.1. The number of benzene rings is 2. The Bertz CT molecular complexity index is 1450. The number of hydrogen-bond acceptors (Lipinski definition) is 5. The zero-order chi connectivity index (χ0) is 26.1. The molecule has 0 aliphatic heterocycles. The van der Waals surface area contributed by atoms with Crippen LogP contribution in [0.2, 0.25) is 10.0 Å². The van der Waals surface area contributed by atoms with Crippen molar-refractivity contribution in [2.24, 2.45) is 0 Å². The Labute approximate surface area is 217 Å². The van der Waals surface area contributed by atoms with E-state index in [2.05, 4.69) is 15.5 Å². The Kier molecular flexibility index (Phi) is 7.14. The van der Waals surface area contributed by atoms with E-state index in [1.165, 1.54) is 0 Å². The van der Waals surface area contributed by atoms with Gasteiger partial charge in [-0.15, -0.1) is 0 Å². The number of rotatable bonds is 7. The second kappa shape index (κ2) is 10.1. The van der Waals surface area contributed by atoms with Crippen LogP contribution in [-0.2, 0) is 13.1 Å². The predicted molar refractivity (Wildman–Crippen MR) is 139 cm³/mol. The molecule has 186 valence electrons. The van der Waals surface area contributed by atoms with Crippen molar-refractivity contribution in [1.29, 1.82) is 0 Å². The molecule has 0 aliphatic carbocycles. The molecular formula is C25H24Cl2N6O3. The minimum absolute atomic E-state index is 0.0223. The molecular weight excluding hydrogens is 503 g/mol. The monoisotopic (exact) mass is 526 g/mol. The molecule has 0 spiro atoms. The van der Waals surface area contributed by atoms with Crippen LogP contribution < -0.4 is 5.32 Å². The average Bonchev–Trinajstić information content (AvgIpc) is 3.25. The van der Waals surface area contributed by atoms with Gasteiger partial charge in [0.25, 0.3) is 5.91 Å². The summed E-state index contributed by atoms with van der Waals surface area (Å²) in [5, 5.41) is 24.1. The van der Waals surface area contributed by atoms with Crippen molar-refractivity contribution >= 4 is 40.5 Å². The summed E-state index contributed by atoms with van der Waals surface area (Å²) in [6.07, 6.45) is 0. The minimum atomic E-state index is -0.420. The molecule has 1 amide bonds. The lowest BCUT2D eigenvalue weighted by Crippen LogP contribution is -2.14. The van der Waals surface area contributed by atoms with E-state index in [9.17, 15) is 14.9 Å². The van der Waals surface area contributed by atoms with Gasteiger partial charge in [0.15, 0.2) is 0 Å². The molecule has 2 aromatic carbocycles. The number of halogens is 2. The largest absolute Gasteiger partial charge is 0.319 e. The molecule has 0 radical (unpaired) electrons. The van der Waals surface area contributed by atoms with E-state index in [1.807, 2.05) is 13.8 Å². The van der Waals surface area contributed by atoms with Crippen LogP contribution >= 0.6 is 23.2 Å². The molecule has 1 N–H and O–H groups in total. The van der Waals surface area contributed by atoms with Crippen molar-refractivity contribution < 1.29 is 9.72 Å². The number of hydrogen-bond donors (Lipinski definition) is 1. The van der Waals surface area contributed by atoms with Gasteiger partial charge in [0.05, 0.1) is 35.1 Å². The molecule has 2 aromatic heterocycles. The lowest BCUT2D eigenvalue weighted by atomic mass is 10.1. The number of nitrogens with one attached hydrogen (secondary N) is 1. The van der Waals surface area contributed by atoms with E-state index in [0.29, 0.717) is 51.5 Å². The molecule has 4 rings (SSSR count). The van der Waals surface area contributed by atoms with E-state index >= 15 is 0 Å². The SMILES string of the molecule is Cc1nn(Cc2c(Cl)cccc2Cl)c(C)c1NC(=O)c1ccc(Cn2nc(C)c([N+](=O)[O-])c2C)cc1. The summed E-state index contributed by atoms with van der Waals surface area (Å²) in [4.78, 5) is 23.8. The topological polar surface area (TPSA) is 108 Å². The van der Waals surface area contributed by atoms with Crippen molar-refractivity contribution in [2.45, 2.75) is 40.8 Å². The number of aromatic nitrogens is 4. The predicted octanol–water partition coefficient (Wildman–Crippen LogP) is 5.88. The van der Waals surface area contributed by atoms with E-state index in [4.69, 9.17) is 23.2 Å². The van der Waals surface area contributed by atoms with Crippen LogP contribution in [0.3, 0.4) is 0 Å². The van der Waals surface area contributed by atoms with Gasteiger partial charge < -0.3 is 5.32 Å². The Hall–Kier alpha value is -3.69. The number of carbonyl (C=O) groups excluding carboxylic acids is 1. The molecule has 0 atom stereocenters. The van der Waals surface area contributed by atoms with Crippen LogP contribution in [0.1, 0.15) is 44.3 Å². The van der Waals surface area contributed by atoms with Gasteiger partial charge in [-0.3, -0.25) is 24.3 Å². The highest BCUT2D eigenvalue weighted by atomic mass is 35.5. The first-order valence-electron chi connectivity index (χ1n) is 11.1. The molecule has 36 heavy (non-hydrogen) atoms. The lowest BCUT2D eigenvalue weighted by Gasteiger charge is -2.10. The number of nitro groups is 1. The summed E-state index contributed by atoms with van der Waals surface area (Å²) in [5.41, 5.74) is 5.05. The second-order valence-electron chi connectivity index (χ2n) is 8.49. The third kappa shape index (κ3) is 4.98. The van der Waals surface area contributed by atoms with E-state index < -0.39 is 4.92 Å². The summed E-state index contributed by atoms with van der Waals surface area (Å²) >= 11 is 12.6. The van der Waals surface area contributed by atoms with Gasteiger partial charge in [-0.1, -0.05) is 41.4 Å². The Morgan fingerprint density at radius 2 is 1.50 bits per heavy atom. The fraction of sp³-hybridized carbons (Fsp3) is 0.240. The summed E-state index contributed by atoms with van der Waals surface area (Å²) in [6, 6.07) is 12.4. The Morgan fingerprint density at radius 1 is 0.917 bits per heavy atom. The first kappa shape index (κ1) is 25.4. The quantitative estimate of drug-likeness (QED) is 0.239. The van der Waals surface area contributed by atoms with Crippen molar-refractivity contribution in [3.05, 3.63) is 102 Å². The smallest absolute Gasteiger partial charge is 0.312 e. The Balaban J connectivity index is 1.49. The zero-order valence-electron chi connectivity index (χ0n) is 20.2. The van der Waals surface area contributed by atoms with Gasteiger partial charge >= 0.3 is 5.69 Å². The van der Waals surface area contributed by atoms with Crippen LogP contribution in [-0.4, -0.2) is 30.4 Å². The highest BCUT2D eigenvalue weighted by molar-refractivity contribution is 6.36. The van der Waals surface area contributed by atoms with Crippen molar-refractivity contribution in [1.82, 2.24) is 19.6 Å². The molecule has 9 nitrogen and oxygen atoms in total. The number of nitrogens with zero attached hydrogens (tertiary/aromatic N) is 5. The highest BCUT2D eigenvalue weighted by Crippen LogP contribution is 2.28. The lowest BCUT2D eigenvalue weighted by molar-refractivity contribution is -0.386. The second-order valence-corrected chi connectivity index (χ2v) is 9.30. The van der Waals surface area contributed by atoms with Crippen LogP contribution in [0, 0.1) is 37.8 Å². The molecule has 0 bridgehead atoms. The summed E-state index contributed by atoms with van der Waals surface area (Å²) in [5.74, 6) is -0.273. The number of carbonyl (C=O) groups is 1. The normalized spacial score (nSPS) is 11.1. The number of anilines is 1. The van der Waals surface area contributed by atoms with Gasteiger partial charge in [0.1, 0.15) is 11.4 Å². The fourth-order valence-corrected chi connectivity index (χ4v) is 4.61. The number of aryl methyl sites for hydroxylation is 2. The third-order valence-corrected chi connectivity index (χ3v) is 6.77. The summed E-state index contributed by atoms with van der Waals surface area (Å²) in [7, 11) is 0. The van der Waals surface area contributed by atoms with E-state index in [-0.39, 0.29) is 11.6 Å². The van der Waals surface area contributed by atoms with Crippen LogP contribution in [0.15, 0.2) is 42.5 Å². The molecule has 2 heterocycles. The van der Waals surface area contributed by atoms with Crippen molar-refractivity contribution in [3.8, 4) is 0 Å². The maximum Gasteiger partial charge on any atom is 0.312 e. The maximum atomic E-state index is 13.0. The van der Waals surface area contributed by atoms with Gasteiger partial charge in [0, 0.05) is 21.2 Å². The van der Waals surface area contributed by atoms with Crippen LogP contribution in [0.4, 0.5) is 11.4 Å².